The summed E-state index contributed by atoms with van der Waals surface area (Å²) < 4.78 is 13.3. The van der Waals surface area contributed by atoms with Gasteiger partial charge in [0.2, 0.25) is 0 Å². The van der Waals surface area contributed by atoms with E-state index in [2.05, 4.69) is 53.1 Å². The first-order valence-corrected chi connectivity index (χ1v) is 13.4. The Morgan fingerprint density at radius 3 is 2.23 bits per heavy atom. The van der Waals surface area contributed by atoms with Crippen LogP contribution in [0.15, 0.2) is 48.5 Å². The van der Waals surface area contributed by atoms with Crippen molar-refractivity contribution in [2.24, 2.45) is 11.7 Å². The Morgan fingerprint density at radius 1 is 0.857 bits per heavy atom. The van der Waals surface area contributed by atoms with Gasteiger partial charge in [-0.2, -0.15) is 0 Å². The highest BCUT2D eigenvalue weighted by molar-refractivity contribution is 5.27. The lowest BCUT2D eigenvalue weighted by atomic mass is 9.90. The average molecular weight is 480 g/mol. The third kappa shape index (κ3) is 5.79. The van der Waals surface area contributed by atoms with Gasteiger partial charge in [0, 0.05) is 37.2 Å². The van der Waals surface area contributed by atoms with Gasteiger partial charge in [-0.3, -0.25) is 4.90 Å². The van der Waals surface area contributed by atoms with Crippen molar-refractivity contribution < 1.29 is 14.6 Å². The lowest BCUT2D eigenvalue weighted by Crippen LogP contribution is -2.48. The van der Waals surface area contributed by atoms with Gasteiger partial charge in [-0.05, 0) is 62.0 Å². The molecule has 6 heteroatoms. The number of aliphatic hydroxyl groups is 1. The molecule has 6 nitrogen and oxygen atoms in total. The first-order chi connectivity index (χ1) is 17.1. The van der Waals surface area contributed by atoms with Crippen LogP contribution in [0.5, 0.6) is 0 Å². The van der Waals surface area contributed by atoms with Gasteiger partial charge in [0.25, 0.3) is 0 Å². The first kappa shape index (κ1) is 24.9. The molecule has 5 rings (SSSR count). The Morgan fingerprint density at radius 2 is 1.54 bits per heavy atom. The Bertz CT molecular complexity index is 929. The lowest BCUT2D eigenvalue weighted by molar-refractivity contribution is -0.276. The van der Waals surface area contributed by atoms with E-state index in [0.717, 1.165) is 35.3 Å². The predicted octanol–water partition coefficient (Wildman–Crippen LogP) is 3.99. The van der Waals surface area contributed by atoms with E-state index in [-0.39, 0.29) is 24.7 Å². The summed E-state index contributed by atoms with van der Waals surface area (Å²) in [4.78, 5) is 5.32. The van der Waals surface area contributed by atoms with Crippen LogP contribution in [0, 0.1) is 5.92 Å². The Balaban J connectivity index is 1.36. The molecule has 3 fully saturated rings. The fourth-order valence-corrected chi connectivity index (χ4v) is 5.98. The van der Waals surface area contributed by atoms with Gasteiger partial charge < -0.3 is 25.2 Å². The fraction of sp³-hybridized carbons (Fsp3) is 0.586. The molecule has 3 aliphatic heterocycles. The maximum atomic E-state index is 9.48. The van der Waals surface area contributed by atoms with Gasteiger partial charge in [0.1, 0.15) is 0 Å². The minimum Gasteiger partial charge on any atom is -0.392 e. The van der Waals surface area contributed by atoms with Crippen molar-refractivity contribution in [1.29, 1.82) is 0 Å². The zero-order chi connectivity index (χ0) is 24.2. The molecule has 2 aromatic carbocycles. The highest BCUT2D eigenvalue weighted by Gasteiger charge is 2.40. The van der Waals surface area contributed by atoms with Gasteiger partial charge in [-0.1, -0.05) is 55.5 Å². The minimum absolute atomic E-state index is 0.0522. The number of ether oxygens (including phenoxy) is 2. The van der Waals surface area contributed by atoms with Gasteiger partial charge in [0.15, 0.2) is 6.29 Å². The highest BCUT2D eigenvalue weighted by atomic mass is 16.7. The van der Waals surface area contributed by atoms with Crippen molar-refractivity contribution in [3.8, 4) is 0 Å². The van der Waals surface area contributed by atoms with Crippen LogP contribution in [0.3, 0.4) is 0 Å². The molecule has 35 heavy (non-hydrogen) atoms. The summed E-state index contributed by atoms with van der Waals surface area (Å²) in [5.41, 5.74) is 10.0. The number of likely N-dealkylation sites (tertiary alicyclic amines) is 2. The number of benzene rings is 2. The quantitative estimate of drug-likeness (QED) is 0.597. The van der Waals surface area contributed by atoms with Crippen molar-refractivity contribution in [2.45, 2.75) is 70.3 Å². The maximum Gasteiger partial charge on any atom is 0.184 e. The van der Waals surface area contributed by atoms with Crippen molar-refractivity contribution in [3.05, 3.63) is 70.8 Å². The Kier molecular flexibility index (Phi) is 8.18. The number of nitrogens with zero attached hydrogens (tertiary/aromatic N) is 2. The SMILES string of the molecule is CC1C(CN2CCCC2CN2CCCC2)OC(c2ccc(CN)cc2)OC1c1ccc(CO)cc1. The summed E-state index contributed by atoms with van der Waals surface area (Å²) in [6.45, 7) is 8.62. The van der Waals surface area contributed by atoms with E-state index < -0.39 is 6.29 Å². The molecule has 0 aromatic heterocycles. The lowest BCUT2D eigenvalue weighted by Gasteiger charge is -2.43. The average Bonchev–Trinajstić information content (AvgIpc) is 3.58. The standard InChI is InChI=1S/C29H41N3O3/c1-21-27(19-32-16-4-5-26(32)18-31-14-2-3-15-31)34-29(25-12-6-22(17-30)7-13-25)35-28(21)24-10-8-23(20-33)9-11-24/h6-13,21,26-29,33H,2-5,14-20,30H2,1H3. The second-order valence-electron chi connectivity index (χ2n) is 10.6. The molecule has 0 bridgehead atoms. The van der Waals surface area contributed by atoms with Gasteiger partial charge in [-0.15, -0.1) is 0 Å². The van der Waals surface area contributed by atoms with Crippen LogP contribution in [0.2, 0.25) is 0 Å². The van der Waals surface area contributed by atoms with Crippen LogP contribution in [-0.2, 0) is 22.6 Å². The van der Waals surface area contributed by atoms with Crippen molar-refractivity contribution in [1.82, 2.24) is 9.80 Å². The van der Waals surface area contributed by atoms with Crippen LogP contribution in [0.4, 0.5) is 0 Å². The second kappa shape index (κ2) is 11.5. The van der Waals surface area contributed by atoms with E-state index in [1.165, 1.54) is 45.3 Å². The molecule has 0 saturated carbocycles. The van der Waals surface area contributed by atoms with Gasteiger partial charge in [-0.25, -0.2) is 0 Å². The number of rotatable bonds is 8. The summed E-state index contributed by atoms with van der Waals surface area (Å²) in [7, 11) is 0. The molecule has 0 spiro atoms. The summed E-state index contributed by atoms with van der Waals surface area (Å²) in [6, 6.07) is 17.1. The normalized spacial score (nSPS) is 30.2. The molecule has 3 N–H and O–H groups in total. The molecule has 5 unspecified atom stereocenters. The van der Waals surface area contributed by atoms with E-state index in [9.17, 15) is 5.11 Å². The van der Waals surface area contributed by atoms with Crippen molar-refractivity contribution in [3.63, 3.8) is 0 Å². The summed E-state index contributed by atoms with van der Waals surface area (Å²) >= 11 is 0. The predicted molar refractivity (Wildman–Crippen MR) is 138 cm³/mol. The Labute approximate surface area is 210 Å². The van der Waals surface area contributed by atoms with Crippen molar-refractivity contribution in [2.75, 3.05) is 32.7 Å². The van der Waals surface area contributed by atoms with Gasteiger partial charge in [0.05, 0.1) is 18.8 Å². The van der Waals surface area contributed by atoms with Crippen LogP contribution in [-0.4, -0.2) is 59.8 Å². The van der Waals surface area contributed by atoms with E-state index in [1.54, 1.807) is 0 Å². The maximum absolute atomic E-state index is 9.48. The molecule has 190 valence electrons. The molecule has 3 aliphatic rings. The Hall–Kier alpha value is -1.80. The smallest absolute Gasteiger partial charge is 0.184 e. The monoisotopic (exact) mass is 479 g/mol. The molecular formula is C29H41N3O3. The molecule has 5 atom stereocenters. The zero-order valence-electron chi connectivity index (χ0n) is 21.0. The third-order valence-electron chi connectivity index (χ3n) is 8.19. The van der Waals surface area contributed by atoms with E-state index in [0.29, 0.717) is 12.6 Å². The molecular weight excluding hydrogens is 438 g/mol. The van der Waals surface area contributed by atoms with E-state index >= 15 is 0 Å². The van der Waals surface area contributed by atoms with Crippen LogP contribution in [0.1, 0.15) is 67.3 Å². The number of hydrogen-bond acceptors (Lipinski definition) is 6. The zero-order valence-corrected chi connectivity index (χ0v) is 21.0. The molecule has 3 heterocycles. The van der Waals surface area contributed by atoms with Crippen LogP contribution < -0.4 is 5.73 Å². The van der Waals surface area contributed by atoms with Crippen molar-refractivity contribution >= 4 is 0 Å². The molecule has 0 aliphatic carbocycles. The van der Waals surface area contributed by atoms with Crippen LogP contribution >= 0.6 is 0 Å². The number of nitrogens with two attached hydrogens (primary N) is 1. The van der Waals surface area contributed by atoms with E-state index in [1.807, 2.05) is 12.1 Å². The van der Waals surface area contributed by atoms with Gasteiger partial charge >= 0.3 is 0 Å². The molecule has 0 radical (unpaired) electrons. The minimum atomic E-state index is -0.412. The molecule has 2 aromatic rings. The number of aliphatic hydroxyl groups excluding tert-OH is 1. The fourth-order valence-electron chi connectivity index (χ4n) is 5.98. The van der Waals surface area contributed by atoms with Crippen LogP contribution in [0.25, 0.3) is 0 Å². The summed E-state index contributed by atoms with van der Waals surface area (Å²) in [5, 5.41) is 9.48. The third-order valence-corrected chi connectivity index (χ3v) is 8.19. The topological polar surface area (TPSA) is 71.2 Å². The number of hydrogen-bond donors (Lipinski definition) is 2. The summed E-state index contributed by atoms with van der Waals surface area (Å²) in [5.74, 6) is 0.211. The largest absolute Gasteiger partial charge is 0.392 e. The molecule has 0 amide bonds. The highest BCUT2D eigenvalue weighted by Crippen LogP contribution is 2.42. The first-order valence-electron chi connectivity index (χ1n) is 13.4. The molecule has 3 saturated heterocycles. The van der Waals surface area contributed by atoms with E-state index in [4.69, 9.17) is 15.2 Å². The second-order valence-corrected chi connectivity index (χ2v) is 10.6. The summed E-state index contributed by atoms with van der Waals surface area (Å²) in [6.07, 6.45) is 4.83.